The number of amides is 1. The number of nitrogens with zero attached hydrogens (tertiary/aromatic N) is 2. The van der Waals surface area contributed by atoms with Crippen molar-refractivity contribution >= 4 is 6.09 Å². The third-order valence-electron chi connectivity index (χ3n) is 4.75. The Kier molecular flexibility index (Phi) is 5.51. The van der Waals surface area contributed by atoms with Crippen molar-refractivity contribution in [3.8, 4) is 0 Å². The van der Waals surface area contributed by atoms with E-state index in [2.05, 4.69) is 4.90 Å². The van der Waals surface area contributed by atoms with Crippen LogP contribution in [0.2, 0.25) is 0 Å². The van der Waals surface area contributed by atoms with Gasteiger partial charge in [0.15, 0.2) is 0 Å². The summed E-state index contributed by atoms with van der Waals surface area (Å²) in [6, 6.07) is 10.6. The topological polar surface area (TPSA) is 58.8 Å². The van der Waals surface area contributed by atoms with E-state index in [4.69, 9.17) is 10.5 Å². The molecule has 1 aromatic carbocycles. The number of carbonyl (C=O) groups is 1. The first kappa shape index (κ1) is 16.3. The number of nitrogens with two attached hydrogens (primary N) is 1. The third kappa shape index (κ3) is 4.45. The Hall–Kier alpha value is -1.59. The first-order valence-corrected chi connectivity index (χ1v) is 8.69. The number of hydrogen-bond acceptors (Lipinski definition) is 4. The van der Waals surface area contributed by atoms with Gasteiger partial charge in [0, 0.05) is 38.3 Å². The highest BCUT2D eigenvalue weighted by Crippen LogP contribution is 2.32. The average molecular weight is 317 g/mol. The van der Waals surface area contributed by atoms with E-state index in [0.29, 0.717) is 25.2 Å². The molecule has 1 aliphatic heterocycles. The summed E-state index contributed by atoms with van der Waals surface area (Å²) in [5, 5.41) is 0. The molecule has 5 heteroatoms. The molecule has 0 spiro atoms. The van der Waals surface area contributed by atoms with Crippen LogP contribution in [0.1, 0.15) is 31.2 Å². The first-order chi connectivity index (χ1) is 11.3. The van der Waals surface area contributed by atoms with Gasteiger partial charge in [-0.25, -0.2) is 4.79 Å². The lowest BCUT2D eigenvalue weighted by molar-refractivity contribution is 0.0574. The highest BCUT2D eigenvalue weighted by Gasteiger charge is 2.39. The summed E-state index contributed by atoms with van der Waals surface area (Å²) in [4.78, 5) is 17.0. The molecule has 1 saturated carbocycles. The van der Waals surface area contributed by atoms with Gasteiger partial charge in [-0.3, -0.25) is 0 Å². The second kappa shape index (κ2) is 7.79. The molecular formula is C18H27N3O2. The normalized spacial score (nSPS) is 19.5. The Labute approximate surface area is 138 Å². The van der Waals surface area contributed by atoms with Gasteiger partial charge in [0.2, 0.25) is 0 Å². The second-order valence-electron chi connectivity index (χ2n) is 6.54. The zero-order valence-electron chi connectivity index (χ0n) is 13.7. The molecule has 1 aromatic rings. The quantitative estimate of drug-likeness (QED) is 0.874. The largest absolute Gasteiger partial charge is 0.445 e. The van der Waals surface area contributed by atoms with Crippen molar-refractivity contribution in [1.82, 2.24) is 9.80 Å². The number of likely N-dealkylation sites (tertiary alicyclic amines) is 1. The summed E-state index contributed by atoms with van der Waals surface area (Å²) in [6.45, 7) is 4.06. The van der Waals surface area contributed by atoms with Gasteiger partial charge in [0.25, 0.3) is 0 Å². The molecule has 0 unspecified atom stereocenters. The summed E-state index contributed by atoms with van der Waals surface area (Å²) in [5.41, 5.74) is 6.67. The second-order valence-corrected chi connectivity index (χ2v) is 6.54. The Bertz CT molecular complexity index is 496. The van der Waals surface area contributed by atoms with E-state index in [0.717, 1.165) is 50.9 Å². The van der Waals surface area contributed by atoms with Crippen molar-refractivity contribution in [3.05, 3.63) is 35.9 Å². The van der Waals surface area contributed by atoms with Gasteiger partial charge in [0.05, 0.1) is 0 Å². The van der Waals surface area contributed by atoms with Crippen LogP contribution in [0, 0.1) is 0 Å². The minimum atomic E-state index is -0.145. The number of piperidine rings is 1. The van der Waals surface area contributed by atoms with Gasteiger partial charge < -0.3 is 20.3 Å². The van der Waals surface area contributed by atoms with Crippen LogP contribution in [0.4, 0.5) is 4.79 Å². The fraction of sp³-hybridized carbons (Fsp3) is 0.611. The lowest BCUT2D eigenvalue weighted by Gasteiger charge is -2.38. The molecule has 126 valence electrons. The van der Waals surface area contributed by atoms with Gasteiger partial charge in [-0.05, 0) is 31.2 Å². The molecule has 0 aromatic heterocycles. The summed E-state index contributed by atoms with van der Waals surface area (Å²) in [5.74, 6) is 0. The predicted molar refractivity (Wildman–Crippen MR) is 90.0 cm³/mol. The van der Waals surface area contributed by atoms with Crippen LogP contribution >= 0.6 is 0 Å². The van der Waals surface area contributed by atoms with Crippen molar-refractivity contribution < 1.29 is 9.53 Å². The zero-order valence-corrected chi connectivity index (χ0v) is 13.7. The van der Waals surface area contributed by atoms with E-state index in [1.54, 1.807) is 0 Å². The number of hydrogen-bond donors (Lipinski definition) is 1. The van der Waals surface area contributed by atoms with Crippen LogP contribution in [0.3, 0.4) is 0 Å². The van der Waals surface area contributed by atoms with Crippen molar-refractivity contribution in [2.75, 3.05) is 26.2 Å². The molecule has 1 aliphatic carbocycles. The van der Waals surface area contributed by atoms with Crippen LogP contribution in [0.25, 0.3) is 0 Å². The first-order valence-electron chi connectivity index (χ1n) is 8.69. The van der Waals surface area contributed by atoms with Crippen molar-refractivity contribution in [2.24, 2.45) is 5.73 Å². The van der Waals surface area contributed by atoms with Gasteiger partial charge in [-0.15, -0.1) is 0 Å². The molecule has 2 fully saturated rings. The molecule has 23 heavy (non-hydrogen) atoms. The molecule has 1 heterocycles. The minimum Gasteiger partial charge on any atom is -0.445 e. The standard InChI is InChI=1S/C18H27N3O2/c19-10-13-20-11-8-17(9-12-20)21(16-6-7-16)18(22)23-14-15-4-2-1-3-5-15/h1-5,16-17H,6-14,19H2. The molecule has 3 rings (SSSR count). The summed E-state index contributed by atoms with van der Waals surface area (Å²) in [6.07, 6.45) is 4.13. The van der Waals surface area contributed by atoms with E-state index in [-0.39, 0.29) is 6.09 Å². The molecule has 0 bridgehead atoms. The summed E-state index contributed by atoms with van der Waals surface area (Å²) in [7, 11) is 0. The van der Waals surface area contributed by atoms with Crippen LogP contribution in [-0.2, 0) is 11.3 Å². The van der Waals surface area contributed by atoms with Crippen molar-refractivity contribution in [3.63, 3.8) is 0 Å². The monoisotopic (exact) mass is 317 g/mol. The van der Waals surface area contributed by atoms with Crippen LogP contribution in [0.5, 0.6) is 0 Å². The minimum absolute atomic E-state index is 0.145. The van der Waals surface area contributed by atoms with Gasteiger partial charge >= 0.3 is 6.09 Å². The van der Waals surface area contributed by atoms with E-state index >= 15 is 0 Å². The summed E-state index contributed by atoms with van der Waals surface area (Å²) < 4.78 is 5.57. The van der Waals surface area contributed by atoms with Crippen LogP contribution in [-0.4, -0.2) is 54.2 Å². The van der Waals surface area contributed by atoms with Gasteiger partial charge in [0.1, 0.15) is 6.61 Å². The Balaban J connectivity index is 1.53. The average Bonchev–Trinajstić information content (AvgIpc) is 3.41. The van der Waals surface area contributed by atoms with Crippen molar-refractivity contribution in [2.45, 2.75) is 44.4 Å². The number of benzene rings is 1. The molecular weight excluding hydrogens is 290 g/mol. The fourth-order valence-corrected chi connectivity index (χ4v) is 3.35. The van der Waals surface area contributed by atoms with E-state index in [9.17, 15) is 4.79 Å². The van der Waals surface area contributed by atoms with E-state index in [1.807, 2.05) is 35.2 Å². The highest BCUT2D eigenvalue weighted by atomic mass is 16.6. The number of ether oxygens (including phenoxy) is 1. The van der Waals surface area contributed by atoms with Gasteiger partial charge in [-0.1, -0.05) is 30.3 Å². The molecule has 1 saturated heterocycles. The van der Waals surface area contributed by atoms with Crippen LogP contribution < -0.4 is 5.73 Å². The maximum absolute atomic E-state index is 12.6. The lowest BCUT2D eigenvalue weighted by atomic mass is 10.0. The number of rotatable bonds is 6. The Morgan fingerprint density at radius 2 is 1.78 bits per heavy atom. The van der Waals surface area contributed by atoms with Crippen molar-refractivity contribution in [1.29, 1.82) is 0 Å². The Morgan fingerprint density at radius 3 is 2.39 bits per heavy atom. The number of carbonyl (C=O) groups excluding carboxylic acids is 1. The smallest absolute Gasteiger partial charge is 0.410 e. The highest BCUT2D eigenvalue weighted by molar-refractivity contribution is 5.69. The lowest BCUT2D eigenvalue weighted by Crippen LogP contribution is -2.49. The zero-order chi connectivity index (χ0) is 16.1. The summed E-state index contributed by atoms with van der Waals surface area (Å²) >= 11 is 0. The predicted octanol–water partition coefficient (Wildman–Crippen LogP) is 2.21. The van der Waals surface area contributed by atoms with E-state index in [1.165, 1.54) is 0 Å². The SMILES string of the molecule is NCCN1CCC(N(C(=O)OCc2ccccc2)C2CC2)CC1. The maximum Gasteiger partial charge on any atom is 0.410 e. The fourth-order valence-electron chi connectivity index (χ4n) is 3.35. The van der Waals surface area contributed by atoms with E-state index < -0.39 is 0 Å². The van der Waals surface area contributed by atoms with Gasteiger partial charge in [-0.2, -0.15) is 0 Å². The Morgan fingerprint density at radius 1 is 1.13 bits per heavy atom. The third-order valence-corrected chi connectivity index (χ3v) is 4.75. The molecule has 5 nitrogen and oxygen atoms in total. The molecule has 2 N–H and O–H groups in total. The molecule has 2 aliphatic rings. The molecule has 0 radical (unpaired) electrons. The maximum atomic E-state index is 12.6. The molecule has 0 atom stereocenters. The van der Waals surface area contributed by atoms with Crippen LogP contribution in [0.15, 0.2) is 30.3 Å². The molecule has 1 amide bonds.